The van der Waals surface area contributed by atoms with Crippen molar-refractivity contribution in [2.45, 2.75) is 40.7 Å². The van der Waals surface area contributed by atoms with Gasteiger partial charge in [0.25, 0.3) is 0 Å². The molecule has 17 heavy (non-hydrogen) atoms. The van der Waals surface area contributed by atoms with E-state index in [-0.39, 0.29) is 11.1 Å². The van der Waals surface area contributed by atoms with Gasteiger partial charge in [-0.15, -0.1) is 0 Å². The lowest BCUT2D eigenvalue weighted by Crippen LogP contribution is -2.14. The Bertz CT molecular complexity index is 391. The van der Waals surface area contributed by atoms with E-state index in [0.29, 0.717) is 18.8 Å². The monoisotopic (exact) mass is 239 g/mol. The first-order valence-electron chi connectivity index (χ1n) is 5.83. The van der Waals surface area contributed by atoms with Crippen molar-refractivity contribution in [1.29, 1.82) is 0 Å². The van der Waals surface area contributed by atoms with E-state index in [1.54, 1.807) is 10.9 Å². The van der Waals surface area contributed by atoms with Crippen LogP contribution >= 0.6 is 0 Å². The normalized spacial score (nSPS) is 11.5. The molecule has 0 aliphatic rings. The number of ether oxygens (including phenoxy) is 1. The van der Waals surface area contributed by atoms with Crippen LogP contribution in [0.25, 0.3) is 0 Å². The summed E-state index contributed by atoms with van der Waals surface area (Å²) in [7, 11) is 0. The summed E-state index contributed by atoms with van der Waals surface area (Å²) in [6.07, 6.45) is 2.45. The summed E-state index contributed by atoms with van der Waals surface area (Å²) in [6.45, 7) is 9.30. The molecule has 1 aromatic rings. The number of anilines is 1. The fraction of sp³-hybridized carbons (Fsp3) is 0.667. The number of aromatic nitrogens is 2. The average molecular weight is 239 g/mol. The lowest BCUT2D eigenvalue weighted by Gasteiger charge is -2.17. The molecule has 2 N–H and O–H groups in total. The quantitative estimate of drug-likeness (QED) is 0.817. The predicted molar refractivity (Wildman–Crippen MR) is 66.7 cm³/mol. The van der Waals surface area contributed by atoms with Crippen LogP contribution in [-0.2, 0) is 11.3 Å². The summed E-state index contributed by atoms with van der Waals surface area (Å²) >= 11 is 0. The molecule has 0 spiro atoms. The number of nitrogens with zero attached hydrogens (tertiary/aromatic N) is 2. The molecule has 0 unspecified atom stereocenters. The largest absolute Gasteiger partial charge is 0.461 e. The Hall–Kier alpha value is -1.52. The van der Waals surface area contributed by atoms with Gasteiger partial charge in [-0.1, -0.05) is 20.8 Å². The zero-order chi connectivity index (χ0) is 13.1. The topological polar surface area (TPSA) is 70.1 Å². The second-order valence-electron chi connectivity index (χ2n) is 5.24. The van der Waals surface area contributed by atoms with Crippen LogP contribution in [0.15, 0.2) is 6.20 Å². The van der Waals surface area contributed by atoms with E-state index in [0.717, 1.165) is 6.42 Å². The molecule has 0 bridgehead atoms. The molecule has 5 nitrogen and oxygen atoms in total. The van der Waals surface area contributed by atoms with Crippen molar-refractivity contribution in [2.24, 2.45) is 5.41 Å². The number of esters is 1. The summed E-state index contributed by atoms with van der Waals surface area (Å²) < 4.78 is 6.77. The Balaban J connectivity index is 2.55. The molecule has 0 aromatic carbocycles. The van der Waals surface area contributed by atoms with Crippen LogP contribution < -0.4 is 5.73 Å². The van der Waals surface area contributed by atoms with Crippen molar-refractivity contribution < 1.29 is 9.53 Å². The number of rotatable bonds is 4. The number of carbonyl (C=O) groups is 1. The van der Waals surface area contributed by atoms with Gasteiger partial charge in [0.1, 0.15) is 0 Å². The third kappa shape index (κ3) is 4.09. The lowest BCUT2D eigenvalue weighted by molar-refractivity contribution is 0.0458. The molecule has 96 valence electrons. The van der Waals surface area contributed by atoms with Crippen LogP contribution in [0.5, 0.6) is 0 Å². The second kappa shape index (κ2) is 5.21. The van der Waals surface area contributed by atoms with E-state index in [2.05, 4.69) is 25.9 Å². The Morgan fingerprint density at radius 1 is 1.53 bits per heavy atom. The van der Waals surface area contributed by atoms with Gasteiger partial charge in [-0.05, 0) is 18.8 Å². The highest BCUT2D eigenvalue weighted by molar-refractivity contribution is 5.92. The fourth-order valence-electron chi connectivity index (χ4n) is 1.28. The van der Waals surface area contributed by atoms with Crippen molar-refractivity contribution >= 4 is 11.7 Å². The zero-order valence-electron chi connectivity index (χ0n) is 11.0. The van der Waals surface area contributed by atoms with Crippen LogP contribution in [0.3, 0.4) is 0 Å². The minimum Gasteiger partial charge on any atom is -0.461 e. The molecule has 1 aromatic heterocycles. The molecule has 1 heterocycles. The van der Waals surface area contributed by atoms with E-state index in [4.69, 9.17) is 10.5 Å². The molecule has 0 fully saturated rings. The molecule has 0 aliphatic carbocycles. The minimum atomic E-state index is -0.445. The maximum atomic E-state index is 11.7. The highest BCUT2D eigenvalue weighted by Crippen LogP contribution is 2.18. The van der Waals surface area contributed by atoms with Crippen molar-refractivity contribution in [3.8, 4) is 0 Å². The third-order valence-corrected chi connectivity index (χ3v) is 2.39. The molecule has 0 saturated heterocycles. The Kier molecular flexibility index (Phi) is 4.15. The van der Waals surface area contributed by atoms with Crippen LogP contribution in [0.1, 0.15) is 44.6 Å². The van der Waals surface area contributed by atoms with Gasteiger partial charge < -0.3 is 10.5 Å². The molecule has 0 radical (unpaired) electrons. The summed E-state index contributed by atoms with van der Waals surface area (Å²) in [5.41, 5.74) is 6.42. The first-order valence-corrected chi connectivity index (χ1v) is 5.83. The van der Waals surface area contributed by atoms with Crippen LogP contribution in [-0.4, -0.2) is 22.4 Å². The summed E-state index contributed by atoms with van der Waals surface area (Å²) in [5, 5.41) is 4.06. The Morgan fingerprint density at radius 3 is 2.65 bits per heavy atom. The van der Waals surface area contributed by atoms with Gasteiger partial charge in [-0.25, -0.2) is 4.79 Å². The van der Waals surface area contributed by atoms with Crippen molar-refractivity contribution in [3.05, 3.63) is 11.9 Å². The number of aryl methyl sites for hydroxylation is 1. The van der Waals surface area contributed by atoms with Crippen molar-refractivity contribution in [1.82, 2.24) is 9.78 Å². The molecular formula is C12H21N3O2. The van der Waals surface area contributed by atoms with Crippen LogP contribution in [0, 0.1) is 5.41 Å². The molecular weight excluding hydrogens is 218 g/mol. The third-order valence-electron chi connectivity index (χ3n) is 2.39. The summed E-state index contributed by atoms with van der Waals surface area (Å²) in [4.78, 5) is 11.7. The predicted octanol–water partition coefficient (Wildman–Crippen LogP) is 2.08. The minimum absolute atomic E-state index is 0.147. The zero-order valence-corrected chi connectivity index (χ0v) is 11.0. The van der Waals surface area contributed by atoms with Gasteiger partial charge in [0, 0.05) is 12.7 Å². The molecule has 0 aliphatic heterocycles. The first-order chi connectivity index (χ1) is 7.83. The Morgan fingerprint density at radius 2 is 2.18 bits per heavy atom. The van der Waals surface area contributed by atoms with Gasteiger partial charge >= 0.3 is 5.97 Å². The molecule has 1 rings (SSSR count). The van der Waals surface area contributed by atoms with E-state index in [1.807, 2.05) is 6.92 Å². The van der Waals surface area contributed by atoms with Crippen LogP contribution in [0.4, 0.5) is 5.69 Å². The number of carbonyl (C=O) groups excluding carboxylic acids is 1. The fourth-order valence-corrected chi connectivity index (χ4v) is 1.28. The van der Waals surface area contributed by atoms with E-state index in [9.17, 15) is 4.79 Å². The standard InChI is InChI=1S/C12H21N3O2/c1-5-15-8-9(13)10(14-15)11(16)17-7-6-12(2,3)4/h8H,5-7,13H2,1-4H3. The van der Waals surface area contributed by atoms with Gasteiger partial charge in [-0.2, -0.15) is 5.10 Å². The second-order valence-corrected chi connectivity index (χ2v) is 5.24. The number of hydrogen-bond acceptors (Lipinski definition) is 4. The van der Waals surface area contributed by atoms with Gasteiger partial charge in [0.05, 0.1) is 12.3 Å². The Labute approximate surface area is 102 Å². The molecule has 5 heteroatoms. The summed E-state index contributed by atoms with van der Waals surface area (Å²) in [5.74, 6) is -0.445. The van der Waals surface area contributed by atoms with Crippen molar-refractivity contribution in [2.75, 3.05) is 12.3 Å². The van der Waals surface area contributed by atoms with Crippen LogP contribution in [0.2, 0.25) is 0 Å². The highest BCUT2D eigenvalue weighted by Gasteiger charge is 2.17. The van der Waals surface area contributed by atoms with Gasteiger partial charge in [0.15, 0.2) is 5.69 Å². The highest BCUT2D eigenvalue weighted by atomic mass is 16.5. The lowest BCUT2D eigenvalue weighted by atomic mass is 9.93. The van der Waals surface area contributed by atoms with E-state index < -0.39 is 5.97 Å². The molecule has 0 amide bonds. The van der Waals surface area contributed by atoms with E-state index >= 15 is 0 Å². The SMILES string of the molecule is CCn1cc(N)c(C(=O)OCCC(C)(C)C)n1. The smallest absolute Gasteiger partial charge is 0.361 e. The molecule has 0 atom stereocenters. The van der Waals surface area contributed by atoms with E-state index in [1.165, 1.54) is 0 Å². The summed E-state index contributed by atoms with van der Waals surface area (Å²) in [6, 6.07) is 0. The first kappa shape index (κ1) is 13.5. The number of nitrogen functional groups attached to an aromatic ring is 1. The molecule has 0 saturated carbocycles. The average Bonchev–Trinajstić information content (AvgIpc) is 2.57. The van der Waals surface area contributed by atoms with Gasteiger partial charge in [-0.3, -0.25) is 4.68 Å². The number of nitrogens with two attached hydrogens (primary N) is 1. The maximum Gasteiger partial charge on any atom is 0.361 e. The van der Waals surface area contributed by atoms with Crippen molar-refractivity contribution in [3.63, 3.8) is 0 Å². The van der Waals surface area contributed by atoms with Gasteiger partial charge in [0.2, 0.25) is 0 Å². The maximum absolute atomic E-state index is 11.7. The number of hydrogen-bond donors (Lipinski definition) is 1.